The monoisotopic (exact) mass is 245 g/mol. The van der Waals surface area contributed by atoms with E-state index in [1.807, 2.05) is 30.6 Å². The summed E-state index contributed by atoms with van der Waals surface area (Å²) in [6, 6.07) is 5.73. The Morgan fingerprint density at radius 2 is 2.18 bits per heavy atom. The number of rotatable bonds is 2. The average Bonchev–Trinajstić information content (AvgIpc) is 2.93. The molecule has 0 saturated carbocycles. The lowest BCUT2D eigenvalue weighted by Gasteiger charge is -1.95. The lowest BCUT2D eigenvalue weighted by atomic mass is 10.4. The first-order valence-electron chi connectivity index (χ1n) is 5.16. The zero-order chi connectivity index (χ0) is 11.8. The molecule has 5 nitrogen and oxygen atoms in total. The summed E-state index contributed by atoms with van der Waals surface area (Å²) in [5.74, 6) is 1.57. The van der Waals surface area contributed by atoms with Gasteiger partial charge in [0.05, 0.1) is 16.1 Å². The molecule has 0 aromatic carbocycles. The maximum atomic E-state index is 5.87. The van der Waals surface area contributed by atoms with Crippen molar-refractivity contribution >= 4 is 34.0 Å². The largest absolute Gasteiger partial charge is 0.397 e. The molecule has 86 valence electrons. The number of aromatic amines is 1. The van der Waals surface area contributed by atoms with Crippen LogP contribution in [-0.4, -0.2) is 22.0 Å². The van der Waals surface area contributed by atoms with Crippen molar-refractivity contribution in [3.8, 4) is 10.7 Å². The van der Waals surface area contributed by atoms with Gasteiger partial charge >= 0.3 is 0 Å². The molecule has 6 heteroatoms. The van der Waals surface area contributed by atoms with Crippen LogP contribution in [0.1, 0.15) is 0 Å². The quantitative estimate of drug-likeness (QED) is 0.647. The highest BCUT2D eigenvalue weighted by atomic mass is 32.1. The number of nitrogens with zero attached hydrogens (tertiary/aromatic N) is 2. The number of nitrogens with one attached hydrogen (secondary N) is 2. The molecule has 0 bridgehead atoms. The summed E-state index contributed by atoms with van der Waals surface area (Å²) in [5, 5.41) is 4.94. The van der Waals surface area contributed by atoms with Gasteiger partial charge in [-0.15, -0.1) is 11.3 Å². The lowest BCUT2D eigenvalue weighted by Crippen LogP contribution is -1.91. The minimum atomic E-state index is 0.694. The van der Waals surface area contributed by atoms with Gasteiger partial charge < -0.3 is 16.0 Å². The highest BCUT2D eigenvalue weighted by Gasteiger charge is 2.10. The minimum Gasteiger partial charge on any atom is -0.397 e. The van der Waals surface area contributed by atoms with Gasteiger partial charge in [0.25, 0.3) is 0 Å². The number of hydrogen-bond acceptors (Lipinski definition) is 5. The molecule has 0 fully saturated rings. The highest BCUT2D eigenvalue weighted by Crippen LogP contribution is 2.30. The SMILES string of the molecule is CNc1ccc2[nH]c(-c3sccc3N)nc2n1. The molecular formula is C11H11N5S. The van der Waals surface area contributed by atoms with E-state index in [1.165, 1.54) is 0 Å². The number of H-pyrrole nitrogens is 1. The van der Waals surface area contributed by atoms with E-state index in [2.05, 4.69) is 20.3 Å². The molecule has 17 heavy (non-hydrogen) atoms. The highest BCUT2D eigenvalue weighted by molar-refractivity contribution is 7.14. The fourth-order valence-corrected chi connectivity index (χ4v) is 2.41. The molecule has 0 atom stereocenters. The Balaban J connectivity index is 2.17. The van der Waals surface area contributed by atoms with E-state index in [-0.39, 0.29) is 0 Å². The second kappa shape index (κ2) is 3.74. The zero-order valence-corrected chi connectivity index (χ0v) is 10.0. The van der Waals surface area contributed by atoms with Gasteiger partial charge in [-0.1, -0.05) is 0 Å². The average molecular weight is 245 g/mol. The Kier molecular flexibility index (Phi) is 2.22. The molecule has 0 radical (unpaired) electrons. The van der Waals surface area contributed by atoms with Crippen molar-refractivity contribution < 1.29 is 0 Å². The number of imidazole rings is 1. The molecule has 0 aliphatic rings. The summed E-state index contributed by atoms with van der Waals surface area (Å²) in [4.78, 5) is 13.0. The van der Waals surface area contributed by atoms with Crippen LogP contribution in [0.2, 0.25) is 0 Å². The minimum absolute atomic E-state index is 0.694. The third-order valence-corrected chi connectivity index (χ3v) is 3.45. The standard InChI is InChI=1S/C11H11N5S/c1-13-8-3-2-7-10(15-8)16-11(14-7)9-6(12)4-5-17-9/h2-5H,12H2,1H3,(H2,13,14,15,16). The van der Waals surface area contributed by atoms with Crippen LogP contribution >= 0.6 is 11.3 Å². The first kappa shape index (κ1) is 10.1. The number of fused-ring (bicyclic) bond motifs is 1. The molecule has 0 saturated heterocycles. The summed E-state index contributed by atoms with van der Waals surface area (Å²) < 4.78 is 0. The molecule has 0 unspecified atom stereocenters. The molecule has 0 spiro atoms. The van der Waals surface area contributed by atoms with Gasteiger partial charge in [-0.2, -0.15) is 0 Å². The van der Waals surface area contributed by atoms with E-state index < -0.39 is 0 Å². The number of anilines is 2. The molecule has 3 aromatic rings. The topological polar surface area (TPSA) is 79.6 Å². The van der Waals surface area contributed by atoms with E-state index in [9.17, 15) is 0 Å². The Hall–Kier alpha value is -2.08. The van der Waals surface area contributed by atoms with Crippen molar-refractivity contribution in [2.45, 2.75) is 0 Å². The van der Waals surface area contributed by atoms with Gasteiger partial charge in [-0.05, 0) is 23.6 Å². The van der Waals surface area contributed by atoms with Crippen LogP contribution in [0.5, 0.6) is 0 Å². The number of thiophene rings is 1. The van der Waals surface area contributed by atoms with Crippen LogP contribution in [0.15, 0.2) is 23.6 Å². The molecule has 0 amide bonds. The van der Waals surface area contributed by atoms with Gasteiger partial charge in [0.2, 0.25) is 0 Å². The summed E-state index contributed by atoms with van der Waals surface area (Å²) in [5.41, 5.74) is 8.21. The van der Waals surface area contributed by atoms with Gasteiger partial charge in [-0.25, -0.2) is 9.97 Å². The van der Waals surface area contributed by atoms with Crippen LogP contribution in [0.3, 0.4) is 0 Å². The van der Waals surface area contributed by atoms with Crippen LogP contribution in [0.25, 0.3) is 21.9 Å². The van der Waals surface area contributed by atoms with E-state index in [0.717, 1.165) is 27.7 Å². The first-order valence-corrected chi connectivity index (χ1v) is 6.04. The Labute approximate surface area is 102 Å². The number of nitrogen functional groups attached to an aromatic ring is 1. The predicted octanol–water partition coefficient (Wildman–Crippen LogP) is 2.31. The van der Waals surface area contributed by atoms with Gasteiger partial charge in [0, 0.05) is 7.05 Å². The maximum absolute atomic E-state index is 5.87. The summed E-state index contributed by atoms with van der Waals surface area (Å²) in [6.07, 6.45) is 0. The van der Waals surface area contributed by atoms with Crippen LogP contribution in [-0.2, 0) is 0 Å². The lowest BCUT2D eigenvalue weighted by molar-refractivity contribution is 1.29. The van der Waals surface area contributed by atoms with Crippen molar-refractivity contribution in [1.82, 2.24) is 15.0 Å². The smallest absolute Gasteiger partial charge is 0.180 e. The second-order valence-corrected chi connectivity index (χ2v) is 4.52. The van der Waals surface area contributed by atoms with Gasteiger partial charge in [-0.3, -0.25) is 0 Å². The van der Waals surface area contributed by atoms with Gasteiger partial charge in [0.15, 0.2) is 11.5 Å². The number of pyridine rings is 1. The molecule has 4 N–H and O–H groups in total. The molecule has 0 aliphatic heterocycles. The van der Waals surface area contributed by atoms with E-state index in [0.29, 0.717) is 5.65 Å². The third kappa shape index (κ3) is 1.62. The molecule has 3 aromatic heterocycles. The maximum Gasteiger partial charge on any atom is 0.180 e. The van der Waals surface area contributed by atoms with E-state index in [1.54, 1.807) is 11.3 Å². The summed E-state index contributed by atoms with van der Waals surface area (Å²) in [6.45, 7) is 0. The zero-order valence-electron chi connectivity index (χ0n) is 9.19. The van der Waals surface area contributed by atoms with Crippen molar-refractivity contribution in [3.05, 3.63) is 23.6 Å². The summed E-state index contributed by atoms with van der Waals surface area (Å²) in [7, 11) is 1.83. The fraction of sp³-hybridized carbons (Fsp3) is 0.0909. The van der Waals surface area contributed by atoms with Crippen molar-refractivity contribution in [1.29, 1.82) is 0 Å². The van der Waals surface area contributed by atoms with Crippen LogP contribution < -0.4 is 11.1 Å². The molecule has 3 heterocycles. The first-order chi connectivity index (χ1) is 8.28. The van der Waals surface area contributed by atoms with Crippen LogP contribution in [0, 0.1) is 0 Å². The summed E-state index contributed by atoms with van der Waals surface area (Å²) >= 11 is 1.57. The van der Waals surface area contributed by atoms with Crippen LogP contribution in [0.4, 0.5) is 11.5 Å². The van der Waals surface area contributed by atoms with Crippen molar-refractivity contribution in [3.63, 3.8) is 0 Å². The van der Waals surface area contributed by atoms with E-state index in [4.69, 9.17) is 5.73 Å². The van der Waals surface area contributed by atoms with Gasteiger partial charge in [0.1, 0.15) is 5.82 Å². The fourth-order valence-electron chi connectivity index (χ4n) is 1.65. The second-order valence-electron chi connectivity index (χ2n) is 3.61. The third-order valence-electron chi connectivity index (χ3n) is 2.51. The Bertz CT molecular complexity index is 669. The normalized spacial score (nSPS) is 10.9. The number of nitrogens with two attached hydrogens (primary N) is 1. The molecule has 0 aliphatic carbocycles. The molecule has 3 rings (SSSR count). The van der Waals surface area contributed by atoms with E-state index >= 15 is 0 Å². The van der Waals surface area contributed by atoms with Crippen molar-refractivity contribution in [2.24, 2.45) is 0 Å². The molecular weight excluding hydrogens is 234 g/mol. The number of hydrogen-bond donors (Lipinski definition) is 3. The predicted molar refractivity (Wildman–Crippen MR) is 71.2 cm³/mol. The van der Waals surface area contributed by atoms with Crippen molar-refractivity contribution in [2.75, 3.05) is 18.1 Å². The Morgan fingerprint density at radius 3 is 2.88 bits per heavy atom. The Morgan fingerprint density at radius 1 is 1.29 bits per heavy atom. The number of aromatic nitrogens is 3.